The number of aliphatic hydroxyl groups excluding tert-OH is 1. The first-order chi connectivity index (χ1) is 10.1. The second-order valence-corrected chi connectivity index (χ2v) is 8.12. The van der Waals surface area contributed by atoms with E-state index in [4.69, 9.17) is 4.74 Å². The predicted octanol–water partition coefficient (Wildman–Crippen LogP) is 4.66. The molecule has 1 aliphatic heterocycles. The highest BCUT2D eigenvalue weighted by Gasteiger charge is 2.51. The molecule has 0 spiro atoms. The van der Waals surface area contributed by atoms with Gasteiger partial charge in [0.05, 0.1) is 5.60 Å². The molecule has 2 aliphatic rings. The van der Waals surface area contributed by atoms with Crippen molar-refractivity contribution in [3.05, 3.63) is 36.5 Å². The van der Waals surface area contributed by atoms with Crippen molar-refractivity contribution < 1.29 is 9.84 Å². The van der Waals surface area contributed by atoms with Gasteiger partial charge in [-0.25, -0.2) is 0 Å². The number of allylic oxidation sites excluding steroid dienone is 3. The Morgan fingerprint density at radius 1 is 1.32 bits per heavy atom. The largest absolute Gasteiger partial charge is 0.386 e. The fourth-order valence-electron chi connectivity index (χ4n) is 4.02. The minimum Gasteiger partial charge on any atom is -0.386 e. The van der Waals surface area contributed by atoms with Crippen LogP contribution in [0.2, 0.25) is 0 Å². The van der Waals surface area contributed by atoms with Crippen LogP contribution in [-0.2, 0) is 4.74 Å². The van der Waals surface area contributed by atoms with Crippen LogP contribution in [0.3, 0.4) is 0 Å². The molecule has 2 fully saturated rings. The maximum absolute atomic E-state index is 10.3. The Bertz CT molecular complexity index is 488. The van der Waals surface area contributed by atoms with Gasteiger partial charge < -0.3 is 9.84 Å². The Labute approximate surface area is 136 Å². The van der Waals surface area contributed by atoms with Gasteiger partial charge >= 0.3 is 0 Å². The van der Waals surface area contributed by atoms with Crippen LogP contribution in [0.4, 0.5) is 0 Å². The topological polar surface area (TPSA) is 32.8 Å². The number of ether oxygens (including phenoxy) is 1. The summed E-state index contributed by atoms with van der Waals surface area (Å²) in [5.74, 6) is 0.990. The van der Waals surface area contributed by atoms with Crippen molar-refractivity contribution in [2.75, 3.05) is 0 Å². The number of hydrogen-bond donors (Lipinski definition) is 1. The molecule has 0 radical (unpaired) electrons. The molecule has 1 saturated carbocycles. The summed E-state index contributed by atoms with van der Waals surface area (Å²) in [4.78, 5) is 0. The lowest BCUT2D eigenvalue weighted by atomic mass is 9.61. The van der Waals surface area contributed by atoms with E-state index in [9.17, 15) is 5.11 Å². The van der Waals surface area contributed by atoms with Crippen LogP contribution >= 0.6 is 0 Å². The molecule has 0 bridgehead atoms. The smallest absolute Gasteiger partial charge is 0.116 e. The van der Waals surface area contributed by atoms with E-state index < -0.39 is 6.10 Å². The van der Waals surface area contributed by atoms with E-state index in [1.807, 2.05) is 19.9 Å². The molecule has 2 rings (SSSR count). The normalized spacial score (nSPS) is 39.2. The molecule has 5 atom stereocenters. The van der Waals surface area contributed by atoms with Crippen LogP contribution in [0.5, 0.6) is 0 Å². The predicted molar refractivity (Wildman–Crippen MR) is 92.7 cm³/mol. The lowest BCUT2D eigenvalue weighted by Crippen LogP contribution is -2.34. The summed E-state index contributed by atoms with van der Waals surface area (Å²) in [7, 11) is 0. The molecule has 1 N–H and O–H groups in total. The summed E-state index contributed by atoms with van der Waals surface area (Å²) >= 11 is 0. The second-order valence-electron chi connectivity index (χ2n) is 8.12. The van der Waals surface area contributed by atoms with Gasteiger partial charge in [-0.2, -0.15) is 0 Å². The Hall–Kier alpha value is -0.860. The van der Waals surface area contributed by atoms with E-state index in [0.717, 1.165) is 19.3 Å². The molecule has 2 heteroatoms. The van der Waals surface area contributed by atoms with Gasteiger partial charge in [-0.1, -0.05) is 36.8 Å². The number of rotatable bonds is 5. The highest BCUT2D eigenvalue weighted by Crippen LogP contribution is 2.49. The zero-order chi connectivity index (χ0) is 16.7. The van der Waals surface area contributed by atoms with Crippen LogP contribution in [0.25, 0.3) is 0 Å². The summed E-state index contributed by atoms with van der Waals surface area (Å²) in [5.41, 5.74) is 2.51. The number of epoxide rings is 1. The molecule has 124 valence electrons. The summed E-state index contributed by atoms with van der Waals surface area (Å²) in [6.07, 6.45) is 6.95. The average molecular weight is 304 g/mol. The van der Waals surface area contributed by atoms with E-state index in [1.54, 1.807) is 0 Å². The minimum absolute atomic E-state index is 0.0542. The SMILES string of the molecule is C=C[C@@]1(C)CC[C@H](/C(C)=C/[C@@H](O)C2OC2(C)C)C[C@@H]1C(=C)C. The van der Waals surface area contributed by atoms with Crippen LogP contribution in [0.1, 0.15) is 53.9 Å². The van der Waals surface area contributed by atoms with Gasteiger partial charge in [0.25, 0.3) is 0 Å². The van der Waals surface area contributed by atoms with Crippen molar-refractivity contribution in [3.8, 4) is 0 Å². The first-order valence-corrected chi connectivity index (χ1v) is 8.44. The number of hydrogen-bond acceptors (Lipinski definition) is 2. The Morgan fingerprint density at radius 3 is 2.36 bits per heavy atom. The van der Waals surface area contributed by atoms with Crippen molar-refractivity contribution in [2.45, 2.75) is 71.7 Å². The minimum atomic E-state index is -0.494. The van der Waals surface area contributed by atoms with Gasteiger partial charge in [-0.05, 0) is 64.2 Å². The molecular weight excluding hydrogens is 272 g/mol. The monoisotopic (exact) mass is 304 g/mol. The molecule has 22 heavy (non-hydrogen) atoms. The molecule has 0 amide bonds. The zero-order valence-electron chi connectivity index (χ0n) is 14.9. The lowest BCUT2D eigenvalue weighted by molar-refractivity contribution is 0.161. The Balaban J connectivity index is 2.07. The van der Waals surface area contributed by atoms with E-state index >= 15 is 0 Å². The second kappa shape index (κ2) is 5.98. The van der Waals surface area contributed by atoms with Crippen molar-refractivity contribution in [3.63, 3.8) is 0 Å². The van der Waals surface area contributed by atoms with Crippen molar-refractivity contribution >= 4 is 0 Å². The number of aliphatic hydroxyl groups is 1. The Morgan fingerprint density at radius 2 is 1.91 bits per heavy atom. The summed E-state index contributed by atoms with van der Waals surface area (Å²) in [5, 5.41) is 10.3. The third-order valence-electron chi connectivity index (χ3n) is 5.86. The van der Waals surface area contributed by atoms with E-state index in [2.05, 4.69) is 40.0 Å². The molecule has 1 unspecified atom stereocenters. The summed E-state index contributed by atoms with van der Waals surface area (Å²) in [6.45, 7) is 18.9. The average Bonchev–Trinajstić information content (AvgIpc) is 3.08. The van der Waals surface area contributed by atoms with Gasteiger partial charge in [0, 0.05) is 0 Å². The first-order valence-electron chi connectivity index (χ1n) is 8.44. The molecule has 0 aromatic carbocycles. The third kappa shape index (κ3) is 3.38. The molecule has 1 aliphatic carbocycles. The maximum Gasteiger partial charge on any atom is 0.116 e. The van der Waals surface area contributed by atoms with Gasteiger partial charge in [0.2, 0.25) is 0 Å². The molecule has 1 heterocycles. The molecule has 2 nitrogen and oxygen atoms in total. The van der Waals surface area contributed by atoms with E-state index in [1.165, 1.54) is 11.1 Å². The summed E-state index contributed by atoms with van der Waals surface area (Å²) < 4.78 is 5.54. The van der Waals surface area contributed by atoms with Crippen LogP contribution in [0.15, 0.2) is 36.5 Å². The van der Waals surface area contributed by atoms with Gasteiger partial charge in [-0.15, -0.1) is 6.58 Å². The molecule has 1 saturated heterocycles. The highest BCUT2D eigenvalue weighted by atomic mass is 16.6. The van der Waals surface area contributed by atoms with Gasteiger partial charge in [0.1, 0.15) is 12.2 Å². The fourth-order valence-corrected chi connectivity index (χ4v) is 4.02. The Kier molecular flexibility index (Phi) is 4.75. The fraction of sp³-hybridized carbons (Fsp3) is 0.700. The van der Waals surface area contributed by atoms with Gasteiger partial charge in [0.15, 0.2) is 0 Å². The third-order valence-corrected chi connectivity index (χ3v) is 5.86. The maximum atomic E-state index is 10.3. The van der Waals surface area contributed by atoms with Crippen molar-refractivity contribution in [1.82, 2.24) is 0 Å². The van der Waals surface area contributed by atoms with E-state index in [0.29, 0.717) is 11.8 Å². The highest BCUT2D eigenvalue weighted by molar-refractivity contribution is 5.18. The molecule has 0 aromatic heterocycles. The zero-order valence-corrected chi connectivity index (χ0v) is 14.9. The lowest BCUT2D eigenvalue weighted by Gasteiger charge is -2.43. The van der Waals surface area contributed by atoms with Gasteiger partial charge in [-0.3, -0.25) is 0 Å². The quantitative estimate of drug-likeness (QED) is 0.592. The van der Waals surface area contributed by atoms with Crippen molar-refractivity contribution in [2.24, 2.45) is 17.3 Å². The van der Waals surface area contributed by atoms with Crippen LogP contribution in [-0.4, -0.2) is 22.9 Å². The standard InChI is InChI=1S/C20H32O2/c1-8-20(7)10-9-15(12-16(20)13(2)3)14(4)11-17(21)18-19(5,6)22-18/h8,11,15-18,21H,1-2,9-10,12H2,3-7H3/b14-11+/t15-,16+,17+,18?,20-/m0/s1. The van der Waals surface area contributed by atoms with Crippen LogP contribution < -0.4 is 0 Å². The first kappa shape index (κ1) is 17.5. The summed E-state index contributed by atoms with van der Waals surface area (Å²) in [6, 6.07) is 0. The van der Waals surface area contributed by atoms with E-state index in [-0.39, 0.29) is 17.1 Å². The van der Waals surface area contributed by atoms with Crippen LogP contribution in [0, 0.1) is 17.3 Å². The van der Waals surface area contributed by atoms with Crippen molar-refractivity contribution in [1.29, 1.82) is 0 Å². The molecular formula is C20H32O2. The molecule has 0 aromatic rings.